The zero-order chi connectivity index (χ0) is 18.0. The van der Waals surface area contributed by atoms with Crippen LogP contribution in [-0.4, -0.2) is 19.0 Å². The van der Waals surface area contributed by atoms with Crippen LogP contribution in [-0.2, 0) is 30.8 Å². The summed E-state index contributed by atoms with van der Waals surface area (Å²) in [6.07, 6.45) is -2.90. The van der Waals surface area contributed by atoms with E-state index in [9.17, 15) is 22.8 Å². The van der Waals surface area contributed by atoms with E-state index in [2.05, 4.69) is 11.3 Å². The van der Waals surface area contributed by atoms with Gasteiger partial charge in [0.1, 0.15) is 5.60 Å². The molecule has 4 nitrogen and oxygen atoms in total. The third-order valence-corrected chi connectivity index (χ3v) is 4.04. The lowest BCUT2D eigenvalue weighted by atomic mass is 9.74. The Hall–Kier alpha value is -2.31. The van der Waals surface area contributed by atoms with Crippen LogP contribution in [0.3, 0.4) is 0 Å². The average molecular weight is 342 g/mol. The van der Waals surface area contributed by atoms with Crippen LogP contribution in [0.15, 0.2) is 36.4 Å². The molecule has 0 aromatic heterocycles. The van der Waals surface area contributed by atoms with Gasteiger partial charge in [-0.25, -0.2) is 4.79 Å². The molecule has 0 amide bonds. The van der Waals surface area contributed by atoms with Crippen LogP contribution in [0, 0.1) is 0 Å². The Morgan fingerprint density at radius 1 is 1.21 bits per heavy atom. The summed E-state index contributed by atoms with van der Waals surface area (Å²) >= 11 is 0. The summed E-state index contributed by atoms with van der Waals surface area (Å²) in [7, 11) is 1.18. The number of benzene rings is 1. The smallest absolute Gasteiger partial charge is 0.416 e. The maximum absolute atomic E-state index is 12.6. The van der Waals surface area contributed by atoms with Crippen molar-refractivity contribution in [3.05, 3.63) is 47.5 Å². The highest BCUT2D eigenvalue weighted by Gasteiger charge is 2.43. The van der Waals surface area contributed by atoms with Crippen molar-refractivity contribution in [1.82, 2.24) is 0 Å². The molecule has 0 bridgehead atoms. The third-order valence-electron chi connectivity index (χ3n) is 4.04. The molecule has 1 aromatic carbocycles. The molecule has 1 aliphatic carbocycles. The number of methoxy groups -OCH3 is 1. The van der Waals surface area contributed by atoms with Crippen LogP contribution in [0.5, 0.6) is 0 Å². The van der Waals surface area contributed by atoms with Crippen LogP contribution < -0.4 is 0 Å². The van der Waals surface area contributed by atoms with E-state index < -0.39 is 29.3 Å². The van der Waals surface area contributed by atoms with Crippen molar-refractivity contribution in [2.45, 2.75) is 37.5 Å². The lowest BCUT2D eigenvalue weighted by molar-refractivity contribution is -0.171. The SMILES string of the molecule is C=C(CC(=O)OC1(c2ccc(C(F)(F)F)cc2)CCC1)C(=O)OC. The first-order valence-electron chi connectivity index (χ1n) is 7.33. The molecule has 2 rings (SSSR count). The number of hydrogen-bond acceptors (Lipinski definition) is 4. The topological polar surface area (TPSA) is 52.6 Å². The Morgan fingerprint density at radius 2 is 1.79 bits per heavy atom. The summed E-state index contributed by atoms with van der Waals surface area (Å²) in [5.74, 6) is -1.37. The number of ether oxygens (including phenoxy) is 2. The summed E-state index contributed by atoms with van der Waals surface area (Å²) < 4.78 is 47.8. The van der Waals surface area contributed by atoms with Crippen LogP contribution in [0.1, 0.15) is 36.8 Å². The van der Waals surface area contributed by atoms with Gasteiger partial charge in [0.25, 0.3) is 0 Å². The van der Waals surface area contributed by atoms with E-state index in [1.807, 2.05) is 0 Å². The molecule has 0 spiro atoms. The van der Waals surface area contributed by atoms with Crippen molar-refractivity contribution in [2.75, 3.05) is 7.11 Å². The highest BCUT2D eigenvalue weighted by molar-refractivity contribution is 5.93. The van der Waals surface area contributed by atoms with Gasteiger partial charge in [-0.05, 0) is 37.0 Å². The number of hydrogen-bond donors (Lipinski definition) is 0. The van der Waals surface area contributed by atoms with Crippen LogP contribution in [0.25, 0.3) is 0 Å². The molecule has 1 fully saturated rings. The van der Waals surface area contributed by atoms with Gasteiger partial charge in [-0.1, -0.05) is 18.7 Å². The standard InChI is InChI=1S/C17H17F3O4/c1-11(15(22)23-2)10-14(21)24-16(8-3-9-16)12-4-6-13(7-5-12)17(18,19)20/h4-7H,1,3,8-10H2,2H3. The Morgan fingerprint density at radius 3 is 2.21 bits per heavy atom. The van der Waals surface area contributed by atoms with Gasteiger partial charge in [0, 0.05) is 5.57 Å². The number of esters is 2. The van der Waals surface area contributed by atoms with E-state index in [-0.39, 0.29) is 12.0 Å². The van der Waals surface area contributed by atoms with Crippen molar-refractivity contribution in [2.24, 2.45) is 0 Å². The highest BCUT2D eigenvalue weighted by Crippen LogP contribution is 2.45. The quantitative estimate of drug-likeness (QED) is 0.604. The Bertz CT molecular complexity index is 643. The molecule has 1 aromatic rings. The van der Waals surface area contributed by atoms with E-state index >= 15 is 0 Å². The minimum absolute atomic E-state index is 0.0376. The Balaban J connectivity index is 2.10. The molecule has 0 radical (unpaired) electrons. The summed E-state index contributed by atoms with van der Waals surface area (Å²) in [5.41, 5.74) is -1.22. The largest absolute Gasteiger partial charge is 0.466 e. The minimum Gasteiger partial charge on any atom is -0.466 e. The normalized spacial score (nSPS) is 16.0. The van der Waals surface area contributed by atoms with Gasteiger partial charge in [-0.3, -0.25) is 4.79 Å². The van der Waals surface area contributed by atoms with Crippen LogP contribution in [0.2, 0.25) is 0 Å². The van der Waals surface area contributed by atoms with Crippen molar-refractivity contribution < 1.29 is 32.2 Å². The fraction of sp³-hybridized carbons (Fsp3) is 0.412. The van der Waals surface area contributed by atoms with E-state index in [0.29, 0.717) is 18.4 Å². The Kier molecular flexibility index (Phi) is 5.01. The lowest BCUT2D eigenvalue weighted by Gasteiger charge is -2.41. The molecule has 0 unspecified atom stereocenters. The maximum atomic E-state index is 12.6. The summed E-state index contributed by atoms with van der Waals surface area (Å²) in [6.45, 7) is 3.45. The predicted molar refractivity (Wildman–Crippen MR) is 78.8 cm³/mol. The van der Waals surface area contributed by atoms with Gasteiger partial charge in [0.05, 0.1) is 19.1 Å². The van der Waals surface area contributed by atoms with Crippen molar-refractivity contribution in [1.29, 1.82) is 0 Å². The monoisotopic (exact) mass is 342 g/mol. The minimum atomic E-state index is -4.42. The second kappa shape index (κ2) is 6.67. The van der Waals surface area contributed by atoms with Gasteiger partial charge < -0.3 is 9.47 Å². The van der Waals surface area contributed by atoms with E-state index in [4.69, 9.17) is 4.74 Å². The maximum Gasteiger partial charge on any atom is 0.416 e. The molecule has 1 aliphatic rings. The fourth-order valence-electron chi connectivity index (χ4n) is 2.56. The summed E-state index contributed by atoms with van der Waals surface area (Å²) in [5, 5.41) is 0. The average Bonchev–Trinajstić information content (AvgIpc) is 2.49. The van der Waals surface area contributed by atoms with Gasteiger partial charge >= 0.3 is 18.1 Å². The second-order valence-corrected chi connectivity index (χ2v) is 5.67. The van der Waals surface area contributed by atoms with Crippen LogP contribution in [0.4, 0.5) is 13.2 Å². The van der Waals surface area contributed by atoms with Crippen molar-refractivity contribution in [3.8, 4) is 0 Å². The zero-order valence-corrected chi connectivity index (χ0v) is 13.1. The summed E-state index contributed by atoms with van der Waals surface area (Å²) in [6, 6.07) is 4.59. The lowest BCUT2D eigenvalue weighted by Crippen LogP contribution is -2.39. The molecular formula is C17H17F3O4. The molecule has 1 saturated carbocycles. The summed E-state index contributed by atoms with van der Waals surface area (Å²) in [4.78, 5) is 23.3. The molecule has 130 valence electrons. The number of rotatable bonds is 5. The molecule has 7 heteroatoms. The van der Waals surface area contributed by atoms with Gasteiger partial charge in [0.2, 0.25) is 0 Å². The van der Waals surface area contributed by atoms with E-state index in [0.717, 1.165) is 18.6 Å². The third kappa shape index (κ3) is 3.77. The van der Waals surface area contributed by atoms with Gasteiger partial charge in [-0.15, -0.1) is 0 Å². The molecule has 0 aliphatic heterocycles. The van der Waals surface area contributed by atoms with Crippen molar-refractivity contribution >= 4 is 11.9 Å². The second-order valence-electron chi connectivity index (χ2n) is 5.67. The first-order chi connectivity index (χ1) is 11.2. The molecule has 0 saturated heterocycles. The molecule has 0 N–H and O–H groups in total. The first kappa shape index (κ1) is 18.0. The molecule has 0 atom stereocenters. The van der Waals surface area contributed by atoms with Gasteiger partial charge in [-0.2, -0.15) is 13.2 Å². The highest BCUT2D eigenvalue weighted by atomic mass is 19.4. The Labute approximate surface area is 137 Å². The zero-order valence-electron chi connectivity index (χ0n) is 13.1. The fourth-order valence-corrected chi connectivity index (χ4v) is 2.56. The number of carbonyl (C=O) groups is 2. The molecular weight excluding hydrogens is 325 g/mol. The first-order valence-corrected chi connectivity index (χ1v) is 7.33. The molecule has 0 heterocycles. The number of carbonyl (C=O) groups excluding carboxylic acids is 2. The van der Waals surface area contributed by atoms with Gasteiger partial charge in [0.15, 0.2) is 0 Å². The predicted octanol–water partition coefficient (Wildman–Crippen LogP) is 3.75. The van der Waals surface area contributed by atoms with Crippen molar-refractivity contribution in [3.63, 3.8) is 0 Å². The molecule has 24 heavy (non-hydrogen) atoms. The van der Waals surface area contributed by atoms with E-state index in [1.54, 1.807) is 0 Å². The number of alkyl halides is 3. The van der Waals surface area contributed by atoms with Crippen LogP contribution >= 0.6 is 0 Å². The van der Waals surface area contributed by atoms with E-state index in [1.165, 1.54) is 19.2 Å². The number of halogens is 3.